The van der Waals surface area contributed by atoms with Gasteiger partial charge in [-0.2, -0.15) is 0 Å². The number of carbonyl (C=O) groups is 1. The van der Waals surface area contributed by atoms with E-state index in [9.17, 15) is 4.79 Å². The zero-order valence-electron chi connectivity index (χ0n) is 13.4. The van der Waals surface area contributed by atoms with Crippen LogP contribution >= 0.6 is 23.2 Å². The molecule has 6 heteroatoms. The molecule has 2 aromatic carbocycles. The number of hydrogen-bond acceptors (Lipinski definition) is 3. The van der Waals surface area contributed by atoms with Gasteiger partial charge in [-0.25, -0.2) is 4.98 Å². The minimum Gasteiger partial charge on any atom is -0.339 e. The van der Waals surface area contributed by atoms with Crippen LogP contribution in [0.3, 0.4) is 0 Å². The molecule has 0 radical (unpaired) electrons. The number of rotatable bonds is 4. The minimum atomic E-state index is -0.280. The van der Waals surface area contributed by atoms with E-state index in [4.69, 9.17) is 23.2 Å². The first-order valence-electron chi connectivity index (χ1n) is 7.58. The predicted octanol–water partition coefficient (Wildman–Crippen LogP) is 5.69. The maximum atomic E-state index is 12.6. The molecule has 0 bridgehead atoms. The molecule has 0 aliphatic rings. The number of hydrogen-bond donors (Lipinski definition) is 2. The summed E-state index contributed by atoms with van der Waals surface area (Å²) in [5.74, 6) is 0.171. The normalized spacial score (nSPS) is 10.4. The maximum Gasteiger partial charge on any atom is 0.259 e. The van der Waals surface area contributed by atoms with Gasteiger partial charge in [-0.05, 0) is 55.0 Å². The molecular weight excluding hydrogens is 357 g/mol. The standard InChI is InChI=1S/C19H15Cl2N3O/c1-12-7-8-14(21)11-17(12)24-18-16(6-3-9-22-18)19(25)23-15-5-2-4-13(20)10-15/h2-11H,1H3,(H,22,24)(H,23,25). The molecule has 0 spiro atoms. The van der Waals surface area contributed by atoms with Crippen molar-refractivity contribution in [3.8, 4) is 0 Å². The molecule has 0 unspecified atom stereocenters. The minimum absolute atomic E-state index is 0.280. The van der Waals surface area contributed by atoms with Crippen molar-refractivity contribution in [3.05, 3.63) is 82.0 Å². The van der Waals surface area contributed by atoms with Crippen molar-refractivity contribution in [3.63, 3.8) is 0 Å². The first kappa shape index (κ1) is 17.3. The molecule has 126 valence electrons. The first-order chi connectivity index (χ1) is 12.0. The molecule has 25 heavy (non-hydrogen) atoms. The fourth-order valence-corrected chi connectivity index (χ4v) is 2.67. The van der Waals surface area contributed by atoms with Gasteiger partial charge in [0.2, 0.25) is 0 Å². The Morgan fingerprint density at radius 3 is 2.60 bits per heavy atom. The highest BCUT2D eigenvalue weighted by atomic mass is 35.5. The van der Waals surface area contributed by atoms with E-state index in [1.165, 1.54) is 0 Å². The third kappa shape index (κ3) is 4.29. The summed E-state index contributed by atoms with van der Waals surface area (Å²) in [6, 6.07) is 15.9. The molecule has 0 fully saturated rings. The number of aromatic nitrogens is 1. The van der Waals surface area contributed by atoms with Crippen LogP contribution < -0.4 is 10.6 Å². The Labute approximate surface area is 155 Å². The molecule has 0 aliphatic carbocycles. The summed E-state index contributed by atoms with van der Waals surface area (Å²) in [4.78, 5) is 16.9. The highest BCUT2D eigenvalue weighted by Gasteiger charge is 2.14. The SMILES string of the molecule is Cc1ccc(Cl)cc1Nc1ncccc1C(=O)Nc1cccc(Cl)c1. The molecule has 3 aromatic rings. The number of carbonyl (C=O) groups excluding carboxylic acids is 1. The summed E-state index contributed by atoms with van der Waals surface area (Å²) in [6.07, 6.45) is 1.62. The Morgan fingerprint density at radius 2 is 1.80 bits per heavy atom. The van der Waals surface area contributed by atoms with Gasteiger partial charge >= 0.3 is 0 Å². The van der Waals surface area contributed by atoms with Gasteiger partial charge in [0.25, 0.3) is 5.91 Å². The monoisotopic (exact) mass is 371 g/mol. The summed E-state index contributed by atoms with van der Waals surface area (Å²) in [5.41, 5.74) is 2.83. The van der Waals surface area contributed by atoms with Gasteiger partial charge in [0, 0.05) is 27.6 Å². The molecule has 0 saturated carbocycles. The van der Waals surface area contributed by atoms with Crippen molar-refractivity contribution in [2.45, 2.75) is 6.92 Å². The number of benzene rings is 2. The van der Waals surface area contributed by atoms with E-state index in [1.54, 1.807) is 48.7 Å². The van der Waals surface area contributed by atoms with Crippen molar-refractivity contribution in [2.75, 3.05) is 10.6 Å². The zero-order chi connectivity index (χ0) is 17.8. The summed E-state index contributed by atoms with van der Waals surface area (Å²) in [5, 5.41) is 7.16. The van der Waals surface area contributed by atoms with E-state index >= 15 is 0 Å². The van der Waals surface area contributed by atoms with Crippen LogP contribution in [-0.4, -0.2) is 10.9 Å². The van der Waals surface area contributed by atoms with Crippen molar-refractivity contribution in [1.29, 1.82) is 0 Å². The van der Waals surface area contributed by atoms with Crippen LogP contribution in [0.1, 0.15) is 15.9 Å². The fraction of sp³-hybridized carbons (Fsp3) is 0.0526. The molecule has 1 amide bonds. The lowest BCUT2D eigenvalue weighted by Gasteiger charge is -2.13. The van der Waals surface area contributed by atoms with Gasteiger partial charge in [-0.1, -0.05) is 35.3 Å². The first-order valence-corrected chi connectivity index (χ1v) is 8.33. The highest BCUT2D eigenvalue weighted by Crippen LogP contribution is 2.25. The van der Waals surface area contributed by atoms with Gasteiger partial charge in [0.15, 0.2) is 0 Å². The third-order valence-corrected chi connectivity index (χ3v) is 4.06. The summed E-state index contributed by atoms with van der Waals surface area (Å²) in [6.45, 7) is 1.95. The van der Waals surface area contributed by atoms with E-state index in [1.807, 2.05) is 19.1 Å². The molecule has 1 heterocycles. The second-order valence-electron chi connectivity index (χ2n) is 5.45. The summed E-state index contributed by atoms with van der Waals surface area (Å²) in [7, 11) is 0. The number of pyridine rings is 1. The molecule has 1 aromatic heterocycles. The lowest BCUT2D eigenvalue weighted by atomic mass is 10.2. The Morgan fingerprint density at radius 1 is 1.00 bits per heavy atom. The number of nitrogens with zero attached hydrogens (tertiary/aromatic N) is 1. The van der Waals surface area contributed by atoms with Crippen LogP contribution in [0.25, 0.3) is 0 Å². The smallest absolute Gasteiger partial charge is 0.259 e. The molecule has 0 atom stereocenters. The molecule has 0 aliphatic heterocycles. The Kier molecular flexibility index (Phi) is 5.22. The second-order valence-corrected chi connectivity index (χ2v) is 6.32. The van der Waals surface area contributed by atoms with Gasteiger partial charge in [-0.15, -0.1) is 0 Å². The topological polar surface area (TPSA) is 54.0 Å². The Balaban J connectivity index is 1.88. The number of nitrogens with one attached hydrogen (secondary N) is 2. The third-order valence-electron chi connectivity index (χ3n) is 3.59. The van der Waals surface area contributed by atoms with E-state index in [0.29, 0.717) is 27.1 Å². The quantitative estimate of drug-likeness (QED) is 0.618. The van der Waals surface area contributed by atoms with Crippen LogP contribution in [0.15, 0.2) is 60.8 Å². The average molecular weight is 372 g/mol. The molecule has 3 rings (SSSR count). The van der Waals surface area contributed by atoms with Crippen LogP contribution in [0.5, 0.6) is 0 Å². The van der Waals surface area contributed by atoms with Crippen LogP contribution in [0.4, 0.5) is 17.2 Å². The number of aryl methyl sites for hydroxylation is 1. The van der Waals surface area contributed by atoms with Crippen molar-refractivity contribution in [2.24, 2.45) is 0 Å². The predicted molar refractivity (Wildman–Crippen MR) is 103 cm³/mol. The number of anilines is 3. The van der Waals surface area contributed by atoms with E-state index in [2.05, 4.69) is 15.6 Å². The zero-order valence-corrected chi connectivity index (χ0v) is 14.9. The Hall–Kier alpha value is -2.56. The van der Waals surface area contributed by atoms with Crippen LogP contribution in [0.2, 0.25) is 10.0 Å². The summed E-state index contributed by atoms with van der Waals surface area (Å²) >= 11 is 12.0. The highest BCUT2D eigenvalue weighted by molar-refractivity contribution is 6.31. The van der Waals surface area contributed by atoms with Crippen LogP contribution in [0, 0.1) is 6.92 Å². The summed E-state index contributed by atoms with van der Waals surface area (Å²) < 4.78 is 0. The van der Waals surface area contributed by atoms with Crippen molar-refractivity contribution in [1.82, 2.24) is 4.98 Å². The van der Waals surface area contributed by atoms with Gasteiger partial charge < -0.3 is 10.6 Å². The molecule has 2 N–H and O–H groups in total. The van der Waals surface area contributed by atoms with E-state index in [0.717, 1.165) is 11.3 Å². The second kappa shape index (κ2) is 7.55. The maximum absolute atomic E-state index is 12.6. The Bertz CT molecular complexity index is 928. The lowest BCUT2D eigenvalue weighted by molar-refractivity contribution is 0.102. The number of halogens is 2. The molecule has 4 nitrogen and oxygen atoms in total. The van der Waals surface area contributed by atoms with Crippen LogP contribution in [-0.2, 0) is 0 Å². The van der Waals surface area contributed by atoms with Crippen molar-refractivity contribution < 1.29 is 4.79 Å². The van der Waals surface area contributed by atoms with Crippen molar-refractivity contribution >= 4 is 46.3 Å². The fourth-order valence-electron chi connectivity index (χ4n) is 2.31. The van der Waals surface area contributed by atoms with Gasteiger partial charge in [0.05, 0.1) is 5.56 Å². The lowest BCUT2D eigenvalue weighted by Crippen LogP contribution is -2.14. The largest absolute Gasteiger partial charge is 0.339 e. The van der Waals surface area contributed by atoms with E-state index < -0.39 is 0 Å². The molecular formula is C19H15Cl2N3O. The average Bonchev–Trinajstić information content (AvgIpc) is 2.58. The van der Waals surface area contributed by atoms with Gasteiger partial charge in [-0.3, -0.25) is 4.79 Å². The molecule has 0 saturated heterocycles. The van der Waals surface area contributed by atoms with E-state index in [-0.39, 0.29) is 5.91 Å². The number of amides is 1. The van der Waals surface area contributed by atoms with Gasteiger partial charge in [0.1, 0.15) is 5.82 Å².